The molecule has 0 fully saturated rings. The fraction of sp³-hybridized carbons (Fsp3) is 0.692. The lowest BCUT2D eigenvalue weighted by molar-refractivity contribution is 0.304. The lowest BCUT2D eigenvalue weighted by Crippen LogP contribution is -2.34. The van der Waals surface area contributed by atoms with Gasteiger partial charge in [0.05, 0.1) is 6.33 Å². The Morgan fingerprint density at radius 1 is 1.58 bits per heavy atom. The Morgan fingerprint density at radius 2 is 2.32 bits per heavy atom. The second-order valence-corrected chi connectivity index (χ2v) is 5.59. The van der Waals surface area contributed by atoms with Crippen LogP contribution in [0, 0.1) is 5.41 Å². The molecule has 0 radical (unpaired) electrons. The summed E-state index contributed by atoms with van der Waals surface area (Å²) >= 11 is 0. The Labute approximate surface area is 114 Å². The molecule has 0 aliphatic carbocycles. The Morgan fingerprint density at radius 3 is 2.89 bits per heavy atom. The molecule has 6 heteroatoms. The SMILES string of the molecule is CC(Cn1ccnc1)NCCCC(C)(C)C(N)=NO. The van der Waals surface area contributed by atoms with Gasteiger partial charge in [0, 0.05) is 30.4 Å². The van der Waals surface area contributed by atoms with Crippen LogP contribution in [0.1, 0.15) is 33.6 Å². The van der Waals surface area contributed by atoms with E-state index in [-0.39, 0.29) is 5.41 Å². The van der Waals surface area contributed by atoms with Gasteiger partial charge in [-0.3, -0.25) is 0 Å². The minimum Gasteiger partial charge on any atom is -0.409 e. The van der Waals surface area contributed by atoms with Crippen molar-refractivity contribution in [2.45, 2.75) is 46.2 Å². The molecule has 0 aromatic carbocycles. The summed E-state index contributed by atoms with van der Waals surface area (Å²) < 4.78 is 2.05. The average Bonchev–Trinajstić information content (AvgIpc) is 2.86. The lowest BCUT2D eigenvalue weighted by atomic mass is 9.86. The highest BCUT2D eigenvalue weighted by Gasteiger charge is 2.22. The zero-order valence-electron chi connectivity index (χ0n) is 12.0. The summed E-state index contributed by atoms with van der Waals surface area (Å²) in [6.07, 6.45) is 7.43. The Hall–Kier alpha value is -1.56. The maximum Gasteiger partial charge on any atom is 0.144 e. The molecule has 0 aliphatic heterocycles. The first-order valence-electron chi connectivity index (χ1n) is 6.63. The van der Waals surface area contributed by atoms with Gasteiger partial charge in [-0.25, -0.2) is 4.98 Å². The largest absolute Gasteiger partial charge is 0.409 e. The molecule has 19 heavy (non-hydrogen) atoms. The average molecular weight is 267 g/mol. The molecular formula is C13H25N5O. The summed E-state index contributed by atoms with van der Waals surface area (Å²) in [5, 5.41) is 15.2. The van der Waals surface area contributed by atoms with E-state index in [4.69, 9.17) is 10.9 Å². The number of nitrogens with one attached hydrogen (secondary N) is 1. The summed E-state index contributed by atoms with van der Waals surface area (Å²) in [4.78, 5) is 4.02. The molecule has 1 heterocycles. The van der Waals surface area contributed by atoms with E-state index in [1.807, 2.05) is 26.4 Å². The van der Waals surface area contributed by atoms with Crippen LogP contribution in [0.3, 0.4) is 0 Å². The number of imidazole rings is 1. The van der Waals surface area contributed by atoms with Crippen LogP contribution in [0.4, 0.5) is 0 Å². The van der Waals surface area contributed by atoms with E-state index in [0.29, 0.717) is 11.9 Å². The molecule has 0 spiro atoms. The summed E-state index contributed by atoms with van der Waals surface area (Å²) in [5.41, 5.74) is 5.39. The van der Waals surface area contributed by atoms with Gasteiger partial charge < -0.3 is 20.8 Å². The van der Waals surface area contributed by atoms with E-state index in [0.717, 1.165) is 25.9 Å². The van der Waals surface area contributed by atoms with Crippen LogP contribution in [0.15, 0.2) is 23.9 Å². The number of oxime groups is 1. The molecule has 0 aliphatic rings. The fourth-order valence-corrected chi connectivity index (χ4v) is 1.92. The molecule has 0 amide bonds. The number of hydrogen-bond donors (Lipinski definition) is 3. The minimum atomic E-state index is -0.260. The first-order valence-corrected chi connectivity index (χ1v) is 6.63. The zero-order chi connectivity index (χ0) is 14.3. The molecule has 0 saturated carbocycles. The molecular weight excluding hydrogens is 242 g/mol. The van der Waals surface area contributed by atoms with E-state index >= 15 is 0 Å². The minimum absolute atomic E-state index is 0.260. The highest BCUT2D eigenvalue weighted by atomic mass is 16.4. The van der Waals surface area contributed by atoms with Crippen LogP contribution in [0.5, 0.6) is 0 Å². The monoisotopic (exact) mass is 267 g/mol. The molecule has 1 unspecified atom stereocenters. The molecule has 0 saturated heterocycles. The molecule has 1 atom stereocenters. The van der Waals surface area contributed by atoms with E-state index < -0.39 is 0 Å². The molecule has 1 rings (SSSR count). The molecule has 108 valence electrons. The van der Waals surface area contributed by atoms with Gasteiger partial charge in [0.2, 0.25) is 0 Å². The van der Waals surface area contributed by atoms with Crippen molar-refractivity contribution in [3.05, 3.63) is 18.7 Å². The van der Waals surface area contributed by atoms with E-state index in [1.165, 1.54) is 0 Å². The smallest absolute Gasteiger partial charge is 0.144 e. The maximum atomic E-state index is 8.70. The Kier molecular flexibility index (Phi) is 5.82. The summed E-state index contributed by atoms with van der Waals surface area (Å²) in [6, 6.07) is 0.390. The second kappa shape index (κ2) is 7.13. The first kappa shape index (κ1) is 15.5. The van der Waals surface area contributed by atoms with Crippen molar-refractivity contribution < 1.29 is 5.21 Å². The van der Waals surface area contributed by atoms with Crippen molar-refractivity contribution in [1.29, 1.82) is 0 Å². The van der Waals surface area contributed by atoms with Crippen molar-refractivity contribution in [3.8, 4) is 0 Å². The fourth-order valence-electron chi connectivity index (χ4n) is 1.92. The van der Waals surface area contributed by atoms with Crippen molar-refractivity contribution >= 4 is 5.84 Å². The van der Waals surface area contributed by atoms with Crippen molar-refractivity contribution in [3.63, 3.8) is 0 Å². The Bertz CT molecular complexity index is 386. The predicted molar refractivity (Wildman–Crippen MR) is 76.1 cm³/mol. The Balaban J connectivity index is 2.20. The van der Waals surface area contributed by atoms with Gasteiger partial charge in [-0.1, -0.05) is 19.0 Å². The van der Waals surface area contributed by atoms with Crippen molar-refractivity contribution in [2.75, 3.05) is 6.54 Å². The van der Waals surface area contributed by atoms with Crippen LogP contribution in [-0.2, 0) is 6.54 Å². The molecule has 6 nitrogen and oxygen atoms in total. The summed E-state index contributed by atoms with van der Waals surface area (Å²) in [5.74, 6) is 0.291. The van der Waals surface area contributed by atoms with Gasteiger partial charge in [0.25, 0.3) is 0 Å². The summed E-state index contributed by atoms with van der Waals surface area (Å²) in [7, 11) is 0. The van der Waals surface area contributed by atoms with E-state index in [1.54, 1.807) is 6.20 Å². The van der Waals surface area contributed by atoms with Gasteiger partial charge in [-0.05, 0) is 26.3 Å². The first-order chi connectivity index (χ1) is 8.95. The van der Waals surface area contributed by atoms with Crippen LogP contribution in [0.2, 0.25) is 0 Å². The van der Waals surface area contributed by atoms with Crippen molar-refractivity contribution in [1.82, 2.24) is 14.9 Å². The normalized spacial score (nSPS) is 14.6. The highest BCUT2D eigenvalue weighted by molar-refractivity contribution is 5.85. The van der Waals surface area contributed by atoms with Crippen molar-refractivity contribution in [2.24, 2.45) is 16.3 Å². The number of nitrogens with zero attached hydrogens (tertiary/aromatic N) is 3. The second-order valence-electron chi connectivity index (χ2n) is 5.59. The molecule has 1 aromatic rings. The number of rotatable bonds is 8. The van der Waals surface area contributed by atoms with Crippen LogP contribution in [0.25, 0.3) is 0 Å². The summed E-state index contributed by atoms with van der Waals surface area (Å²) in [6.45, 7) is 7.93. The quantitative estimate of drug-likeness (QED) is 0.218. The third-order valence-corrected chi connectivity index (χ3v) is 3.32. The third-order valence-electron chi connectivity index (χ3n) is 3.32. The van der Waals surface area contributed by atoms with Gasteiger partial charge in [-0.15, -0.1) is 0 Å². The molecule has 1 aromatic heterocycles. The maximum absolute atomic E-state index is 8.70. The lowest BCUT2D eigenvalue weighted by Gasteiger charge is -2.23. The number of hydrogen-bond acceptors (Lipinski definition) is 4. The predicted octanol–water partition coefficient (Wildman–Crippen LogP) is 1.41. The number of nitrogens with two attached hydrogens (primary N) is 1. The zero-order valence-corrected chi connectivity index (χ0v) is 12.0. The highest BCUT2D eigenvalue weighted by Crippen LogP contribution is 2.21. The van der Waals surface area contributed by atoms with Gasteiger partial charge >= 0.3 is 0 Å². The number of amidine groups is 1. The van der Waals surface area contributed by atoms with E-state index in [2.05, 4.69) is 26.9 Å². The van der Waals surface area contributed by atoms with Crippen LogP contribution >= 0.6 is 0 Å². The van der Waals surface area contributed by atoms with Gasteiger partial charge in [0.15, 0.2) is 0 Å². The van der Waals surface area contributed by atoms with Crippen LogP contribution < -0.4 is 11.1 Å². The topological polar surface area (TPSA) is 88.5 Å². The third kappa shape index (κ3) is 5.30. The van der Waals surface area contributed by atoms with E-state index in [9.17, 15) is 0 Å². The molecule has 4 N–H and O–H groups in total. The van der Waals surface area contributed by atoms with Gasteiger partial charge in [-0.2, -0.15) is 0 Å². The molecule has 0 bridgehead atoms. The number of aromatic nitrogens is 2. The standard InChI is InChI=1S/C13H25N5O/c1-11(9-18-8-7-15-10-18)16-6-4-5-13(2,3)12(14)17-19/h7-8,10-11,16,19H,4-6,9H2,1-3H3,(H2,14,17). The van der Waals surface area contributed by atoms with Gasteiger partial charge in [0.1, 0.15) is 5.84 Å². The van der Waals surface area contributed by atoms with Crippen LogP contribution in [-0.4, -0.2) is 33.2 Å².